The molecule has 2 aromatic carbocycles. The van der Waals surface area contributed by atoms with E-state index in [2.05, 4.69) is 21.2 Å². The summed E-state index contributed by atoms with van der Waals surface area (Å²) in [5, 5.41) is 0. The molecular weight excluding hydrogens is 410 g/mol. The molecule has 0 saturated carbocycles. The van der Waals surface area contributed by atoms with E-state index in [4.69, 9.17) is 4.74 Å². The van der Waals surface area contributed by atoms with Gasteiger partial charge in [-0.1, -0.05) is 11.8 Å². The van der Waals surface area contributed by atoms with Crippen LogP contribution in [0.15, 0.2) is 70.2 Å². The third-order valence-electron chi connectivity index (χ3n) is 4.01. The fraction of sp³-hybridized carbons (Fsp3) is 0.0909. The normalized spacial score (nSPS) is 12.3. The number of ether oxygens (including phenoxy) is 1. The molecule has 0 radical (unpaired) electrons. The number of rotatable bonds is 3. The molecule has 1 atom stereocenters. The number of aromatic nitrogens is 1. The Labute approximate surface area is 172 Å². The smallest absolute Gasteiger partial charge is 0.286 e. The van der Waals surface area contributed by atoms with Gasteiger partial charge in [-0.05, 0) is 42.5 Å². The number of pyridine rings is 1. The van der Waals surface area contributed by atoms with E-state index in [9.17, 15) is 17.8 Å². The number of halogens is 2. The van der Waals surface area contributed by atoms with E-state index >= 15 is 0 Å². The maximum absolute atomic E-state index is 13.7. The largest absolute Gasteiger partial charge is 0.497 e. The van der Waals surface area contributed by atoms with Crippen molar-refractivity contribution < 1.29 is 22.5 Å². The minimum Gasteiger partial charge on any atom is -0.497 e. The molecule has 0 N–H and O–H groups in total. The lowest BCUT2D eigenvalue weighted by Gasteiger charge is -2.05. The third kappa shape index (κ3) is 5.07. The molecule has 152 valence electrons. The standard InChI is InChI=1S/C22H16F2N2O3S/c1-29-19-7-9-20(10-8-19)30(2,28)26-22(27)17-11-15(13-25-14-17)3-4-16-5-6-18(23)12-21(16)24/h5-14H,1-2H3. The minimum atomic E-state index is -2.99. The Morgan fingerprint density at radius 3 is 2.47 bits per heavy atom. The van der Waals surface area contributed by atoms with E-state index in [0.29, 0.717) is 16.2 Å². The highest BCUT2D eigenvalue weighted by Gasteiger charge is 2.12. The number of carbonyl (C=O) groups is 1. The number of hydrogen-bond donors (Lipinski definition) is 0. The van der Waals surface area contributed by atoms with Gasteiger partial charge in [0.1, 0.15) is 17.4 Å². The van der Waals surface area contributed by atoms with Crippen LogP contribution in [0.1, 0.15) is 21.5 Å². The van der Waals surface area contributed by atoms with Crippen LogP contribution in [0.4, 0.5) is 8.78 Å². The van der Waals surface area contributed by atoms with Crippen LogP contribution in [0.2, 0.25) is 0 Å². The Morgan fingerprint density at radius 2 is 1.80 bits per heavy atom. The number of nitrogens with zero attached hydrogens (tertiary/aromatic N) is 2. The van der Waals surface area contributed by atoms with E-state index < -0.39 is 27.3 Å². The molecule has 0 fully saturated rings. The second-order valence-electron chi connectivity index (χ2n) is 6.21. The molecule has 1 unspecified atom stereocenters. The maximum atomic E-state index is 13.7. The van der Waals surface area contributed by atoms with Crippen LogP contribution in [-0.4, -0.2) is 28.5 Å². The van der Waals surface area contributed by atoms with Crippen molar-refractivity contribution in [2.24, 2.45) is 4.36 Å². The molecule has 0 saturated heterocycles. The number of benzene rings is 2. The van der Waals surface area contributed by atoms with Crippen LogP contribution in [-0.2, 0) is 9.73 Å². The van der Waals surface area contributed by atoms with Gasteiger partial charge in [0.15, 0.2) is 0 Å². The quantitative estimate of drug-likeness (QED) is 0.592. The second-order valence-corrected chi connectivity index (χ2v) is 8.47. The summed E-state index contributed by atoms with van der Waals surface area (Å²) < 4.78 is 48.4. The molecule has 3 rings (SSSR count). The van der Waals surface area contributed by atoms with Crippen molar-refractivity contribution in [2.75, 3.05) is 13.4 Å². The zero-order valence-electron chi connectivity index (χ0n) is 16.1. The monoisotopic (exact) mass is 426 g/mol. The lowest BCUT2D eigenvalue weighted by Crippen LogP contribution is -2.04. The predicted molar refractivity (Wildman–Crippen MR) is 109 cm³/mol. The molecule has 3 aromatic rings. The molecular formula is C22H16F2N2O3S. The van der Waals surface area contributed by atoms with Crippen molar-refractivity contribution in [3.63, 3.8) is 0 Å². The Kier molecular flexibility index (Phi) is 6.23. The average Bonchev–Trinajstić information content (AvgIpc) is 2.73. The van der Waals surface area contributed by atoms with Gasteiger partial charge in [-0.3, -0.25) is 9.78 Å². The van der Waals surface area contributed by atoms with Gasteiger partial charge in [0.2, 0.25) is 0 Å². The summed E-state index contributed by atoms with van der Waals surface area (Å²) in [6, 6.07) is 10.9. The van der Waals surface area contributed by atoms with E-state index in [1.807, 2.05) is 0 Å². The summed E-state index contributed by atoms with van der Waals surface area (Å²) in [4.78, 5) is 16.8. The van der Waals surface area contributed by atoms with Crippen molar-refractivity contribution >= 4 is 15.6 Å². The van der Waals surface area contributed by atoms with Gasteiger partial charge in [-0.2, -0.15) is 4.36 Å². The first kappa shape index (κ1) is 21.1. The summed E-state index contributed by atoms with van der Waals surface area (Å²) in [5.41, 5.74) is 0.421. The van der Waals surface area contributed by atoms with Gasteiger partial charge in [0, 0.05) is 35.2 Å². The van der Waals surface area contributed by atoms with Crippen LogP contribution in [0.3, 0.4) is 0 Å². The topological polar surface area (TPSA) is 68.6 Å². The van der Waals surface area contributed by atoms with Gasteiger partial charge in [-0.25, -0.2) is 13.0 Å². The van der Waals surface area contributed by atoms with Crippen LogP contribution in [0, 0.1) is 23.5 Å². The SMILES string of the molecule is COc1ccc(S(C)(=O)=NC(=O)c2cncc(C#Cc3ccc(F)cc3F)c2)cc1. The molecule has 0 bridgehead atoms. The lowest BCUT2D eigenvalue weighted by atomic mass is 10.1. The maximum Gasteiger partial charge on any atom is 0.286 e. The summed E-state index contributed by atoms with van der Waals surface area (Å²) in [6.07, 6.45) is 4.03. The van der Waals surface area contributed by atoms with E-state index in [1.54, 1.807) is 24.3 Å². The van der Waals surface area contributed by atoms with Crippen molar-refractivity contribution in [2.45, 2.75) is 4.90 Å². The highest BCUT2D eigenvalue weighted by Crippen LogP contribution is 2.18. The lowest BCUT2D eigenvalue weighted by molar-refractivity contribution is 0.100. The highest BCUT2D eigenvalue weighted by molar-refractivity contribution is 7.93. The average molecular weight is 426 g/mol. The van der Waals surface area contributed by atoms with Crippen molar-refractivity contribution in [1.82, 2.24) is 4.98 Å². The number of hydrogen-bond acceptors (Lipinski definition) is 4. The fourth-order valence-electron chi connectivity index (χ4n) is 2.45. The second kappa shape index (κ2) is 8.84. The predicted octanol–water partition coefficient (Wildman–Crippen LogP) is 4.07. The van der Waals surface area contributed by atoms with Crippen LogP contribution < -0.4 is 4.74 Å². The number of amides is 1. The zero-order valence-corrected chi connectivity index (χ0v) is 16.9. The van der Waals surface area contributed by atoms with Gasteiger partial charge >= 0.3 is 0 Å². The van der Waals surface area contributed by atoms with Gasteiger partial charge in [-0.15, -0.1) is 0 Å². The van der Waals surface area contributed by atoms with Crippen LogP contribution in [0.5, 0.6) is 5.75 Å². The molecule has 0 spiro atoms. The molecule has 1 amide bonds. The molecule has 0 aliphatic rings. The first-order valence-electron chi connectivity index (χ1n) is 8.61. The van der Waals surface area contributed by atoms with E-state index in [1.165, 1.54) is 37.9 Å². The van der Waals surface area contributed by atoms with Crippen molar-refractivity contribution in [1.29, 1.82) is 0 Å². The molecule has 0 aliphatic carbocycles. The molecule has 5 nitrogen and oxygen atoms in total. The Morgan fingerprint density at radius 1 is 1.07 bits per heavy atom. The molecule has 0 aliphatic heterocycles. The highest BCUT2D eigenvalue weighted by atomic mass is 32.2. The number of methoxy groups -OCH3 is 1. The Hall–Kier alpha value is -3.57. The van der Waals surface area contributed by atoms with Crippen LogP contribution in [0.25, 0.3) is 0 Å². The first-order chi connectivity index (χ1) is 14.3. The summed E-state index contributed by atoms with van der Waals surface area (Å²) >= 11 is 0. The van der Waals surface area contributed by atoms with Gasteiger partial charge < -0.3 is 4.74 Å². The zero-order chi connectivity index (χ0) is 21.7. The number of carbonyl (C=O) groups excluding carboxylic acids is 1. The Bertz CT molecular complexity index is 1290. The summed E-state index contributed by atoms with van der Waals surface area (Å²) in [5.74, 6) is 3.62. The fourth-order valence-corrected chi connectivity index (χ4v) is 3.62. The van der Waals surface area contributed by atoms with E-state index in [0.717, 1.165) is 12.1 Å². The molecule has 1 heterocycles. The van der Waals surface area contributed by atoms with Gasteiger partial charge in [0.05, 0.1) is 28.0 Å². The van der Waals surface area contributed by atoms with Crippen molar-refractivity contribution in [3.05, 3.63) is 89.2 Å². The summed E-state index contributed by atoms with van der Waals surface area (Å²) in [7, 11) is -1.48. The van der Waals surface area contributed by atoms with E-state index in [-0.39, 0.29) is 11.1 Å². The summed E-state index contributed by atoms with van der Waals surface area (Å²) in [6.45, 7) is 0. The first-order valence-corrected chi connectivity index (χ1v) is 10.5. The minimum absolute atomic E-state index is 0.00824. The van der Waals surface area contributed by atoms with Crippen molar-refractivity contribution in [3.8, 4) is 17.6 Å². The van der Waals surface area contributed by atoms with Crippen LogP contribution >= 0.6 is 0 Å². The molecule has 30 heavy (non-hydrogen) atoms. The Balaban J connectivity index is 1.88. The van der Waals surface area contributed by atoms with Gasteiger partial charge in [0.25, 0.3) is 5.91 Å². The molecule has 8 heteroatoms. The third-order valence-corrected chi connectivity index (χ3v) is 5.67. The molecule has 1 aromatic heterocycles.